The molecule has 3 aromatic carbocycles. The summed E-state index contributed by atoms with van der Waals surface area (Å²) in [7, 11) is -1.07. The predicted octanol–water partition coefficient (Wildman–Crippen LogP) is 4.77. The molecule has 0 unspecified atom stereocenters. The van der Waals surface area contributed by atoms with Crippen molar-refractivity contribution in [2.24, 2.45) is 0 Å². The summed E-state index contributed by atoms with van der Waals surface area (Å²) >= 11 is 0. The molecule has 1 saturated carbocycles. The number of para-hydroxylation sites is 1. The van der Waals surface area contributed by atoms with Gasteiger partial charge in [0.1, 0.15) is 24.1 Å². The number of carbonyl (C=O) groups excluding carboxylic acids is 2. The second-order valence-electron chi connectivity index (χ2n) is 10.3. The average molecular weight is 594 g/mol. The Balaban J connectivity index is 1.69. The minimum absolute atomic E-state index is 0.0210. The Bertz CT molecular complexity index is 1420. The van der Waals surface area contributed by atoms with Gasteiger partial charge in [0.2, 0.25) is 11.8 Å². The average Bonchev–Trinajstić information content (AvgIpc) is 3.53. The van der Waals surface area contributed by atoms with Crippen LogP contribution in [0.1, 0.15) is 44.6 Å². The number of carbonyl (C=O) groups is 2. The van der Waals surface area contributed by atoms with E-state index in [-0.39, 0.29) is 23.4 Å². The molecule has 2 amide bonds. The number of sulfonamides is 1. The molecule has 1 aliphatic carbocycles. The fourth-order valence-electron chi connectivity index (χ4n) is 5.21. The Labute approximate surface area is 248 Å². The summed E-state index contributed by atoms with van der Waals surface area (Å²) < 4.78 is 39.4. The van der Waals surface area contributed by atoms with E-state index in [1.165, 1.54) is 24.1 Å². The molecule has 0 bridgehead atoms. The third kappa shape index (κ3) is 7.42. The zero-order valence-corrected chi connectivity index (χ0v) is 25.2. The third-order valence-electron chi connectivity index (χ3n) is 7.57. The molecule has 0 spiro atoms. The Hall–Kier alpha value is -4.05. The number of methoxy groups -OCH3 is 2. The van der Waals surface area contributed by atoms with Gasteiger partial charge in [-0.2, -0.15) is 0 Å². The van der Waals surface area contributed by atoms with Gasteiger partial charge in [0.05, 0.1) is 24.8 Å². The zero-order chi connectivity index (χ0) is 30.1. The SMILES string of the molecule is CC[C@H](C(=O)NC1CCCC1)N(Cc1ccc(OC)cc1)C(=O)CN(c1ccccc1)S(=O)(=O)c1ccc(OC)cc1. The number of hydrogen-bond donors (Lipinski definition) is 1. The molecule has 1 atom stereocenters. The van der Waals surface area contributed by atoms with E-state index in [9.17, 15) is 18.0 Å². The van der Waals surface area contributed by atoms with Gasteiger partial charge in [-0.15, -0.1) is 0 Å². The van der Waals surface area contributed by atoms with Crippen molar-refractivity contribution in [1.29, 1.82) is 0 Å². The van der Waals surface area contributed by atoms with Crippen molar-refractivity contribution >= 4 is 27.5 Å². The fraction of sp³-hybridized carbons (Fsp3) is 0.375. The van der Waals surface area contributed by atoms with Crippen LogP contribution in [-0.2, 0) is 26.2 Å². The third-order valence-corrected chi connectivity index (χ3v) is 9.36. The lowest BCUT2D eigenvalue weighted by molar-refractivity contribution is -0.140. The molecule has 10 heteroatoms. The normalized spacial score (nSPS) is 14.2. The minimum Gasteiger partial charge on any atom is -0.497 e. The quantitative estimate of drug-likeness (QED) is 0.306. The van der Waals surface area contributed by atoms with E-state index in [1.54, 1.807) is 61.7 Å². The predicted molar refractivity (Wildman–Crippen MR) is 162 cm³/mol. The summed E-state index contributed by atoms with van der Waals surface area (Å²) in [6, 6.07) is 21.1. The summed E-state index contributed by atoms with van der Waals surface area (Å²) in [6.45, 7) is 1.50. The lowest BCUT2D eigenvalue weighted by Crippen LogP contribution is -2.53. The van der Waals surface area contributed by atoms with Gasteiger partial charge in [-0.05, 0) is 73.4 Å². The van der Waals surface area contributed by atoms with Gasteiger partial charge in [-0.3, -0.25) is 13.9 Å². The van der Waals surface area contributed by atoms with Gasteiger partial charge in [0, 0.05) is 12.6 Å². The number of nitrogens with one attached hydrogen (secondary N) is 1. The Morgan fingerprint density at radius 3 is 2.00 bits per heavy atom. The maximum atomic E-state index is 14.2. The molecule has 1 N–H and O–H groups in total. The second kappa shape index (κ2) is 14.2. The fourth-order valence-corrected chi connectivity index (χ4v) is 6.63. The highest BCUT2D eigenvalue weighted by molar-refractivity contribution is 7.92. The molecule has 9 nitrogen and oxygen atoms in total. The van der Waals surface area contributed by atoms with Crippen LogP contribution >= 0.6 is 0 Å². The molecule has 0 aliphatic heterocycles. The molecule has 4 rings (SSSR count). The molecule has 0 aromatic heterocycles. The Morgan fingerprint density at radius 2 is 1.45 bits per heavy atom. The highest BCUT2D eigenvalue weighted by Gasteiger charge is 2.34. The number of nitrogens with zero attached hydrogens (tertiary/aromatic N) is 2. The van der Waals surface area contributed by atoms with Crippen LogP contribution in [-0.4, -0.2) is 58.0 Å². The van der Waals surface area contributed by atoms with Crippen LogP contribution in [0.3, 0.4) is 0 Å². The lowest BCUT2D eigenvalue weighted by Gasteiger charge is -2.33. The van der Waals surface area contributed by atoms with E-state index in [4.69, 9.17) is 9.47 Å². The highest BCUT2D eigenvalue weighted by atomic mass is 32.2. The number of anilines is 1. The van der Waals surface area contributed by atoms with E-state index >= 15 is 0 Å². The number of hydrogen-bond acceptors (Lipinski definition) is 6. The van der Waals surface area contributed by atoms with Crippen molar-refractivity contribution in [2.75, 3.05) is 25.1 Å². The molecule has 224 valence electrons. The van der Waals surface area contributed by atoms with Crippen molar-refractivity contribution in [3.05, 3.63) is 84.4 Å². The van der Waals surface area contributed by atoms with Crippen molar-refractivity contribution in [1.82, 2.24) is 10.2 Å². The first-order valence-electron chi connectivity index (χ1n) is 14.2. The summed E-state index contributed by atoms with van der Waals surface area (Å²) in [4.78, 5) is 29.2. The first-order chi connectivity index (χ1) is 20.3. The summed E-state index contributed by atoms with van der Waals surface area (Å²) in [5.41, 5.74) is 1.13. The molecular weight excluding hydrogens is 554 g/mol. The van der Waals surface area contributed by atoms with E-state index in [1.807, 2.05) is 19.1 Å². The maximum absolute atomic E-state index is 14.2. The number of ether oxygens (including phenoxy) is 2. The second-order valence-corrected chi connectivity index (χ2v) is 12.2. The van der Waals surface area contributed by atoms with E-state index in [0.717, 1.165) is 35.6 Å². The van der Waals surface area contributed by atoms with Crippen molar-refractivity contribution < 1.29 is 27.5 Å². The van der Waals surface area contributed by atoms with Gasteiger partial charge in [0.25, 0.3) is 10.0 Å². The molecule has 0 saturated heterocycles. The van der Waals surface area contributed by atoms with E-state index in [0.29, 0.717) is 23.6 Å². The van der Waals surface area contributed by atoms with Crippen molar-refractivity contribution in [3.63, 3.8) is 0 Å². The van der Waals surface area contributed by atoms with Crippen LogP contribution < -0.4 is 19.1 Å². The summed E-state index contributed by atoms with van der Waals surface area (Å²) in [5, 5.41) is 3.12. The van der Waals surface area contributed by atoms with Gasteiger partial charge in [0.15, 0.2) is 0 Å². The molecule has 1 aliphatic rings. The highest BCUT2D eigenvalue weighted by Crippen LogP contribution is 2.26. The van der Waals surface area contributed by atoms with Crippen LogP contribution in [0.25, 0.3) is 0 Å². The maximum Gasteiger partial charge on any atom is 0.264 e. The van der Waals surface area contributed by atoms with Gasteiger partial charge < -0.3 is 19.7 Å². The Morgan fingerprint density at radius 1 is 0.881 bits per heavy atom. The Kier molecular flexibility index (Phi) is 10.5. The van der Waals surface area contributed by atoms with Crippen LogP contribution in [0.15, 0.2) is 83.8 Å². The smallest absolute Gasteiger partial charge is 0.264 e. The van der Waals surface area contributed by atoms with Crippen LogP contribution in [0.2, 0.25) is 0 Å². The number of benzene rings is 3. The van der Waals surface area contributed by atoms with Crippen LogP contribution in [0, 0.1) is 0 Å². The largest absolute Gasteiger partial charge is 0.497 e. The van der Waals surface area contributed by atoms with Crippen molar-refractivity contribution in [3.8, 4) is 11.5 Å². The number of amides is 2. The lowest BCUT2D eigenvalue weighted by atomic mass is 10.1. The molecule has 0 radical (unpaired) electrons. The van der Waals surface area contributed by atoms with Crippen LogP contribution in [0.5, 0.6) is 11.5 Å². The monoisotopic (exact) mass is 593 g/mol. The molecule has 1 fully saturated rings. The first-order valence-corrected chi connectivity index (χ1v) is 15.7. The standard InChI is InChI=1S/C32H39N3O6S/c1-4-30(32(37)33-25-10-8-9-11-25)34(22-24-14-16-27(40-2)17-15-24)31(36)23-35(26-12-6-5-7-13-26)42(38,39)29-20-18-28(41-3)19-21-29/h5-7,12-21,25,30H,4,8-11,22-23H2,1-3H3,(H,33,37)/t30-/m1/s1. The van der Waals surface area contributed by atoms with Gasteiger partial charge in [-0.25, -0.2) is 8.42 Å². The summed E-state index contributed by atoms with van der Waals surface area (Å²) in [6.07, 6.45) is 4.32. The number of rotatable bonds is 13. The van der Waals surface area contributed by atoms with Gasteiger partial charge >= 0.3 is 0 Å². The van der Waals surface area contributed by atoms with Crippen LogP contribution in [0.4, 0.5) is 5.69 Å². The summed E-state index contributed by atoms with van der Waals surface area (Å²) in [5.74, 6) is 0.472. The molecular formula is C32H39N3O6S. The topological polar surface area (TPSA) is 105 Å². The van der Waals surface area contributed by atoms with E-state index in [2.05, 4.69) is 5.32 Å². The van der Waals surface area contributed by atoms with Crippen molar-refractivity contribution in [2.45, 2.75) is 62.6 Å². The minimum atomic E-state index is -4.15. The molecule has 42 heavy (non-hydrogen) atoms. The molecule has 0 heterocycles. The van der Waals surface area contributed by atoms with Gasteiger partial charge in [-0.1, -0.05) is 50.1 Å². The zero-order valence-electron chi connectivity index (χ0n) is 24.4. The van der Waals surface area contributed by atoms with E-state index < -0.39 is 28.5 Å². The first kappa shape index (κ1) is 30.9. The molecule has 3 aromatic rings.